The minimum absolute atomic E-state index is 0.0606. The minimum atomic E-state index is -0.974. The molecule has 0 bridgehead atoms. The maximum absolute atomic E-state index is 11.9. The van der Waals surface area contributed by atoms with E-state index in [2.05, 4.69) is 5.32 Å². The lowest BCUT2D eigenvalue weighted by molar-refractivity contribution is -0.142. The highest BCUT2D eigenvalue weighted by Gasteiger charge is 2.29. The first kappa shape index (κ1) is 19.9. The van der Waals surface area contributed by atoms with Crippen LogP contribution >= 0.6 is 0 Å². The molecule has 2 amide bonds. The van der Waals surface area contributed by atoms with E-state index in [-0.39, 0.29) is 29.4 Å². The van der Waals surface area contributed by atoms with Gasteiger partial charge in [-0.05, 0) is 20.3 Å². The second-order valence-electron chi connectivity index (χ2n) is 4.79. The third-order valence-electron chi connectivity index (χ3n) is 2.90. The van der Waals surface area contributed by atoms with E-state index in [9.17, 15) is 19.2 Å². The average molecular weight is 352 g/mol. The Bertz CT molecular complexity index is 704. The van der Waals surface area contributed by atoms with Crippen molar-refractivity contribution in [1.29, 1.82) is 0 Å². The first-order valence-corrected chi connectivity index (χ1v) is 7.55. The molecular weight excluding hydrogens is 332 g/mol. The van der Waals surface area contributed by atoms with Crippen molar-refractivity contribution in [3.8, 4) is 0 Å². The molecule has 0 fully saturated rings. The van der Waals surface area contributed by atoms with Crippen LogP contribution in [0.1, 0.15) is 46.7 Å². The van der Waals surface area contributed by atoms with Gasteiger partial charge in [0.05, 0.1) is 6.61 Å². The SMILES string of the molecule is CC/C=C/C(=O)OCC(=O)Nc1oc(C)c(C(=O)OCC)c1C(N)=O. The van der Waals surface area contributed by atoms with Crippen molar-refractivity contribution in [3.05, 3.63) is 29.0 Å². The number of aryl methyl sites for hydroxylation is 1. The fourth-order valence-corrected chi connectivity index (χ4v) is 1.88. The van der Waals surface area contributed by atoms with Gasteiger partial charge in [-0.15, -0.1) is 0 Å². The zero-order chi connectivity index (χ0) is 19.0. The summed E-state index contributed by atoms with van der Waals surface area (Å²) < 4.78 is 14.8. The third-order valence-corrected chi connectivity index (χ3v) is 2.90. The van der Waals surface area contributed by atoms with Crippen LogP contribution in [0, 0.1) is 6.92 Å². The quantitative estimate of drug-likeness (QED) is 0.531. The largest absolute Gasteiger partial charge is 0.462 e. The Labute approximate surface area is 144 Å². The first-order chi connectivity index (χ1) is 11.8. The van der Waals surface area contributed by atoms with Gasteiger partial charge < -0.3 is 19.6 Å². The molecule has 0 atom stereocenters. The van der Waals surface area contributed by atoms with E-state index >= 15 is 0 Å². The number of rotatable bonds is 8. The average Bonchev–Trinajstić information content (AvgIpc) is 2.87. The van der Waals surface area contributed by atoms with Crippen LogP contribution in [-0.4, -0.2) is 37.0 Å². The Hall–Kier alpha value is -3.10. The number of hydrogen-bond donors (Lipinski definition) is 2. The summed E-state index contributed by atoms with van der Waals surface area (Å²) in [5, 5.41) is 2.25. The fourth-order valence-electron chi connectivity index (χ4n) is 1.88. The Morgan fingerprint density at radius 1 is 1.16 bits per heavy atom. The normalized spacial score (nSPS) is 10.5. The van der Waals surface area contributed by atoms with Crippen LogP contribution in [0.25, 0.3) is 0 Å². The highest BCUT2D eigenvalue weighted by Crippen LogP contribution is 2.27. The van der Waals surface area contributed by atoms with Crippen LogP contribution in [0.15, 0.2) is 16.6 Å². The van der Waals surface area contributed by atoms with E-state index in [1.165, 1.54) is 13.0 Å². The van der Waals surface area contributed by atoms with Crippen LogP contribution in [0.2, 0.25) is 0 Å². The van der Waals surface area contributed by atoms with Crippen molar-refractivity contribution in [3.63, 3.8) is 0 Å². The molecule has 0 saturated heterocycles. The highest BCUT2D eigenvalue weighted by atomic mass is 16.5. The molecule has 1 rings (SSSR count). The molecule has 1 heterocycles. The van der Waals surface area contributed by atoms with Gasteiger partial charge in [0.1, 0.15) is 16.9 Å². The van der Waals surface area contributed by atoms with Crippen LogP contribution < -0.4 is 11.1 Å². The zero-order valence-corrected chi connectivity index (χ0v) is 14.2. The molecule has 3 N–H and O–H groups in total. The summed E-state index contributed by atoms with van der Waals surface area (Å²) in [6, 6.07) is 0. The lowest BCUT2D eigenvalue weighted by Gasteiger charge is -2.05. The van der Waals surface area contributed by atoms with E-state index in [1.54, 1.807) is 13.0 Å². The summed E-state index contributed by atoms with van der Waals surface area (Å²) in [5.74, 6) is -3.46. The monoisotopic (exact) mass is 352 g/mol. The van der Waals surface area contributed by atoms with Gasteiger partial charge in [-0.3, -0.25) is 14.9 Å². The molecule has 0 aliphatic heterocycles. The number of amides is 2. The van der Waals surface area contributed by atoms with Gasteiger partial charge >= 0.3 is 11.9 Å². The standard InChI is InChI=1S/C16H20N2O7/c1-4-6-7-11(20)24-8-10(19)18-15-13(14(17)21)12(9(3)25-15)16(22)23-5-2/h6-7H,4-5,8H2,1-3H3,(H2,17,21)(H,18,19)/b7-6+. The Kier molecular flexibility index (Phi) is 7.39. The number of nitrogens with one attached hydrogen (secondary N) is 1. The molecule has 0 unspecified atom stereocenters. The summed E-state index contributed by atoms with van der Waals surface area (Å²) in [4.78, 5) is 46.7. The third kappa shape index (κ3) is 5.48. The number of anilines is 1. The number of carbonyl (C=O) groups excluding carboxylic acids is 4. The second-order valence-corrected chi connectivity index (χ2v) is 4.79. The van der Waals surface area contributed by atoms with Gasteiger partial charge in [0.2, 0.25) is 5.88 Å². The maximum Gasteiger partial charge on any atom is 0.342 e. The van der Waals surface area contributed by atoms with Gasteiger partial charge in [0, 0.05) is 6.08 Å². The smallest absolute Gasteiger partial charge is 0.342 e. The predicted molar refractivity (Wildman–Crippen MR) is 86.9 cm³/mol. The Morgan fingerprint density at radius 3 is 2.40 bits per heavy atom. The van der Waals surface area contributed by atoms with Gasteiger partial charge in [0.15, 0.2) is 6.61 Å². The van der Waals surface area contributed by atoms with E-state index < -0.39 is 30.4 Å². The summed E-state index contributed by atoms with van der Waals surface area (Å²) in [7, 11) is 0. The topological polar surface area (TPSA) is 138 Å². The van der Waals surface area contributed by atoms with Crippen molar-refractivity contribution in [2.75, 3.05) is 18.5 Å². The number of ether oxygens (including phenoxy) is 2. The van der Waals surface area contributed by atoms with Crippen molar-refractivity contribution in [1.82, 2.24) is 0 Å². The molecule has 0 spiro atoms. The minimum Gasteiger partial charge on any atom is -0.462 e. The summed E-state index contributed by atoms with van der Waals surface area (Å²) in [6.45, 7) is 4.34. The summed E-state index contributed by atoms with van der Waals surface area (Å²) in [5.41, 5.74) is 4.80. The van der Waals surface area contributed by atoms with E-state index in [1.807, 2.05) is 6.92 Å². The Balaban J connectivity index is 2.91. The first-order valence-electron chi connectivity index (χ1n) is 7.55. The molecule has 25 heavy (non-hydrogen) atoms. The zero-order valence-electron chi connectivity index (χ0n) is 14.2. The van der Waals surface area contributed by atoms with Crippen LogP contribution in [0.3, 0.4) is 0 Å². The summed E-state index contributed by atoms with van der Waals surface area (Å²) in [6.07, 6.45) is 3.41. The second kappa shape index (κ2) is 9.26. The molecule has 9 heteroatoms. The Morgan fingerprint density at radius 2 is 1.84 bits per heavy atom. The predicted octanol–water partition coefficient (Wildman–Crippen LogP) is 1.31. The number of esters is 2. The molecule has 0 saturated carbocycles. The molecule has 0 radical (unpaired) electrons. The van der Waals surface area contributed by atoms with Crippen molar-refractivity contribution >= 4 is 29.6 Å². The molecule has 136 valence electrons. The fraction of sp³-hybridized carbons (Fsp3) is 0.375. The van der Waals surface area contributed by atoms with Gasteiger partial charge in [0.25, 0.3) is 11.8 Å². The van der Waals surface area contributed by atoms with Gasteiger partial charge in [-0.25, -0.2) is 9.59 Å². The lowest BCUT2D eigenvalue weighted by Crippen LogP contribution is -2.23. The molecule has 9 nitrogen and oxygen atoms in total. The van der Waals surface area contributed by atoms with Gasteiger partial charge in [-0.2, -0.15) is 0 Å². The molecular formula is C16H20N2O7. The van der Waals surface area contributed by atoms with Crippen LogP contribution in [0.4, 0.5) is 5.88 Å². The molecule has 1 aromatic heterocycles. The number of allylic oxidation sites excluding steroid dienone is 1. The van der Waals surface area contributed by atoms with Gasteiger partial charge in [-0.1, -0.05) is 13.0 Å². The maximum atomic E-state index is 11.9. The summed E-state index contributed by atoms with van der Waals surface area (Å²) >= 11 is 0. The molecule has 0 aliphatic rings. The number of furan rings is 1. The van der Waals surface area contributed by atoms with E-state index in [0.717, 1.165) is 0 Å². The number of primary amides is 1. The van der Waals surface area contributed by atoms with Crippen LogP contribution in [0.5, 0.6) is 0 Å². The number of hydrogen-bond acceptors (Lipinski definition) is 7. The van der Waals surface area contributed by atoms with Crippen LogP contribution in [-0.2, 0) is 19.1 Å². The van der Waals surface area contributed by atoms with E-state index in [4.69, 9.17) is 19.6 Å². The van der Waals surface area contributed by atoms with Crippen molar-refractivity contribution in [2.45, 2.75) is 27.2 Å². The number of nitrogens with two attached hydrogens (primary N) is 1. The van der Waals surface area contributed by atoms with E-state index in [0.29, 0.717) is 6.42 Å². The number of carbonyl (C=O) groups is 4. The molecule has 0 aromatic carbocycles. The lowest BCUT2D eigenvalue weighted by atomic mass is 10.1. The van der Waals surface area contributed by atoms with Crippen molar-refractivity contribution in [2.24, 2.45) is 5.73 Å². The van der Waals surface area contributed by atoms with Crippen molar-refractivity contribution < 1.29 is 33.1 Å². The molecule has 0 aliphatic carbocycles. The highest BCUT2D eigenvalue weighted by molar-refractivity contribution is 6.10. The molecule has 1 aromatic rings.